The van der Waals surface area contributed by atoms with Gasteiger partial charge in [-0.2, -0.15) is 0 Å². The summed E-state index contributed by atoms with van der Waals surface area (Å²) in [6, 6.07) is 0.0544. The summed E-state index contributed by atoms with van der Waals surface area (Å²) in [5.41, 5.74) is -0.0313. The molecule has 1 fully saturated rings. The largest absolute Gasteiger partial charge is 0.450 e. The third-order valence-electron chi connectivity index (χ3n) is 8.94. The smallest absolute Gasteiger partial charge is 0.407 e. The van der Waals surface area contributed by atoms with E-state index in [0.29, 0.717) is 13.0 Å². The molecule has 2 atom stereocenters. The van der Waals surface area contributed by atoms with Gasteiger partial charge in [-0.15, -0.1) is 0 Å². The van der Waals surface area contributed by atoms with Crippen molar-refractivity contribution in [3.63, 3.8) is 0 Å². The van der Waals surface area contributed by atoms with E-state index in [0.717, 1.165) is 45.1 Å². The average molecular weight is 579 g/mol. The van der Waals surface area contributed by atoms with Gasteiger partial charge >= 0.3 is 6.09 Å². The third-order valence-corrected chi connectivity index (χ3v) is 8.94. The van der Waals surface area contributed by atoms with Crippen LogP contribution in [0.2, 0.25) is 0 Å². The van der Waals surface area contributed by atoms with Crippen LogP contribution in [-0.4, -0.2) is 31.2 Å². The number of ether oxygens (including phenoxy) is 1. The van der Waals surface area contributed by atoms with Crippen LogP contribution in [0.1, 0.15) is 189 Å². The van der Waals surface area contributed by atoms with Gasteiger partial charge in [0.1, 0.15) is 0 Å². The molecule has 5 nitrogen and oxygen atoms in total. The minimum Gasteiger partial charge on any atom is -0.450 e. The molecule has 0 aromatic rings. The molecular weight excluding hydrogens is 508 g/mol. The van der Waals surface area contributed by atoms with Gasteiger partial charge in [0.25, 0.3) is 0 Å². The lowest BCUT2D eigenvalue weighted by atomic mass is 9.61. The topological polar surface area (TPSA) is 67.4 Å². The molecule has 0 saturated heterocycles. The monoisotopic (exact) mass is 579 g/mol. The fourth-order valence-corrected chi connectivity index (χ4v) is 7.12. The Hall–Kier alpha value is -1.26. The first kappa shape index (κ1) is 37.8. The number of alkyl carbamates (subject to hydrolysis) is 1. The van der Waals surface area contributed by atoms with Crippen LogP contribution in [-0.2, 0) is 9.53 Å². The summed E-state index contributed by atoms with van der Waals surface area (Å²) in [7, 11) is 0. The van der Waals surface area contributed by atoms with E-state index in [1.54, 1.807) is 0 Å². The summed E-state index contributed by atoms with van der Waals surface area (Å²) in [4.78, 5) is 25.4. The summed E-state index contributed by atoms with van der Waals surface area (Å²) < 4.78 is 5.53. The van der Waals surface area contributed by atoms with Crippen molar-refractivity contribution in [2.75, 3.05) is 13.2 Å². The minimum absolute atomic E-state index is 0.0544. The molecule has 2 N–H and O–H groups in total. The molecule has 2 unspecified atom stereocenters. The summed E-state index contributed by atoms with van der Waals surface area (Å²) in [5.74, 6) is 0.156. The van der Waals surface area contributed by atoms with Crippen LogP contribution in [0.15, 0.2) is 0 Å². The molecule has 0 bridgehead atoms. The van der Waals surface area contributed by atoms with Crippen LogP contribution in [0.4, 0.5) is 4.79 Å². The Kier molecular flexibility index (Phi) is 21.4. The normalized spacial score (nSPS) is 20.1. The van der Waals surface area contributed by atoms with Gasteiger partial charge in [-0.25, -0.2) is 4.79 Å². The molecule has 1 aliphatic carbocycles. The van der Waals surface area contributed by atoms with Crippen molar-refractivity contribution in [3.8, 4) is 0 Å². The SMILES string of the molecule is CCCCCCCCCCCCNC(=O)CC1(C)CC(NC(=O)OCCCCCCCCCCCC)CC(C)(C)C1. The van der Waals surface area contributed by atoms with Crippen molar-refractivity contribution in [2.24, 2.45) is 10.8 Å². The van der Waals surface area contributed by atoms with Gasteiger partial charge < -0.3 is 15.4 Å². The highest BCUT2D eigenvalue weighted by Gasteiger charge is 2.42. The molecule has 242 valence electrons. The number of carbonyl (C=O) groups excluding carboxylic acids is 2. The number of carbonyl (C=O) groups is 2. The van der Waals surface area contributed by atoms with Crippen LogP contribution in [0.25, 0.3) is 0 Å². The molecule has 1 rings (SSSR count). The quantitative estimate of drug-likeness (QED) is 0.106. The Morgan fingerprint density at radius 3 is 1.63 bits per heavy atom. The zero-order valence-electron chi connectivity index (χ0n) is 28.2. The lowest BCUT2D eigenvalue weighted by Crippen LogP contribution is -2.48. The van der Waals surface area contributed by atoms with E-state index in [1.807, 2.05) is 0 Å². The number of hydrogen-bond donors (Lipinski definition) is 2. The molecular formula is C36H70N2O3. The Morgan fingerprint density at radius 1 is 0.659 bits per heavy atom. The standard InChI is InChI=1S/C36H70N2O3/c1-6-8-10-12-14-16-18-20-22-24-26-37-33(39)30-36(5)29-32(28-35(3,4)31-36)38-34(40)41-27-25-23-21-19-17-15-13-11-9-7-2/h32H,6-31H2,1-5H3,(H,37,39)(H,38,40). The lowest BCUT2D eigenvalue weighted by Gasteiger charge is -2.46. The minimum atomic E-state index is -0.295. The maximum Gasteiger partial charge on any atom is 0.407 e. The van der Waals surface area contributed by atoms with E-state index < -0.39 is 0 Å². The van der Waals surface area contributed by atoms with Gasteiger partial charge in [0.15, 0.2) is 0 Å². The van der Waals surface area contributed by atoms with E-state index in [-0.39, 0.29) is 28.9 Å². The molecule has 1 aliphatic rings. The van der Waals surface area contributed by atoms with Gasteiger partial charge in [-0.1, -0.05) is 150 Å². The second-order valence-corrected chi connectivity index (χ2v) is 14.4. The number of hydrogen-bond acceptors (Lipinski definition) is 3. The van der Waals surface area contributed by atoms with Crippen molar-refractivity contribution in [2.45, 2.75) is 195 Å². The van der Waals surface area contributed by atoms with E-state index >= 15 is 0 Å². The summed E-state index contributed by atoms with van der Waals surface area (Å²) in [6.45, 7) is 12.5. The van der Waals surface area contributed by atoms with Crippen LogP contribution in [0.3, 0.4) is 0 Å². The molecule has 1 saturated carbocycles. The maximum atomic E-state index is 12.8. The zero-order valence-corrected chi connectivity index (χ0v) is 28.2. The van der Waals surface area contributed by atoms with Crippen LogP contribution >= 0.6 is 0 Å². The van der Waals surface area contributed by atoms with Crippen LogP contribution < -0.4 is 10.6 Å². The maximum absolute atomic E-state index is 12.8. The van der Waals surface area contributed by atoms with Gasteiger partial charge in [0.2, 0.25) is 5.91 Å². The Labute approximate surface area is 255 Å². The fourth-order valence-electron chi connectivity index (χ4n) is 7.12. The van der Waals surface area contributed by atoms with Gasteiger partial charge in [-0.05, 0) is 42.9 Å². The number of amides is 2. The Balaban J connectivity index is 2.19. The summed E-state index contributed by atoms with van der Waals surface area (Å²) in [6.07, 6.45) is 28.8. The van der Waals surface area contributed by atoms with Crippen molar-refractivity contribution in [3.05, 3.63) is 0 Å². The van der Waals surface area contributed by atoms with Crippen LogP contribution in [0, 0.1) is 10.8 Å². The number of nitrogens with one attached hydrogen (secondary N) is 2. The molecule has 0 heterocycles. The Bertz CT molecular complexity index is 665. The lowest BCUT2D eigenvalue weighted by molar-refractivity contribution is -0.124. The predicted octanol–water partition coefficient (Wildman–Crippen LogP) is 10.6. The number of rotatable bonds is 25. The second kappa shape index (κ2) is 23.2. The molecule has 41 heavy (non-hydrogen) atoms. The molecule has 0 spiro atoms. The van der Waals surface area contributed by atoms with Crippen molar-refractivity contribution < 1.29 is 14.3 Å². The average Bonchev–Trinajstić information content (AvgIpc) is 2.89. The van der Waals surface area contributed by atoms with E-state index in [1.165, 1.54) is 109 Å². The zero-order chi connectivity index (χ0) is 30.2. The molecule has 0 aliphatic heterocycles. The Morgan fingerprint density at radius 2 is 1.12 bits per heavy atom. The van der Waals surface area contributed by atoms with Gasteiger partial charge in [0.05, 0.1) is 6.61 Å². The predicted molar refractivity (Wildman–Crippen MR) is 175 cm³/mol. The first-order chi connectivity index (χ1) is 19.7. The molecule has 0 aromatic carbocycles. The number of unbranched alkanes of at least 4 members (excludes halogenated alkanes) is 18. The summed E-state index contributed by atoms with van der Waals surface area (Å²) >= 11 is 0. The first-order valence-corrected chi connectivity index (χ1v) is 17.9. The first-order valence-electron chi connectivity index (χ1n) is 17.9. The van der Waals surface area contributed by atoms with Crippen molar-refractivity contribution >= 4 is 12.0 Å². The van der Waals surface area contributed by atoms with E-state index in [4.69, 9.17) is 4.74 Å². The molecule has 2 amide bonds. The second-order valence-electron chi connectivity index (χ2n) is 14.4. The highest BCUT2D eigenvalue weighted by molar-refractivity contribution is 5.76. The highest BCUT2D eigenvalue weighted by Crippen LogP contribution is 2.48. The fraction of sp³-hybridized carbons (Fsp3) is 0.944. The molecule has 5 heteroatoms. The molecule has 0 radical (unpaired) electrons. The highest BCUT2D eigenvalue weighted by atomic mass is 16.5. The van der Waals surface area contributed by atoms with Crippen LogP contribution in [0.5, 0.6) is 0 Å². The van der Waals surface area contributed by atoms with Gasteiger partial charge in [0, 0.05) is 19.0 Å². The molecule has 0 aromatic heterocycles. The van der Waals surface area contributed by atoms with E-state index in [9.17, 15) is 9.59 Å². The third kappa shape index (κ3) is 21.1. The summed E-state index contributed by atoms with van der Waals surface area (Å²) in [5, 5.41) is 6.31. The van der Waals surface area contributed by atoms with Crippen molar-refractivity contribution in [1.82, 2.24) is 10.6 Å². The van der Waals surface area contributed by atoms with Crippen molar-refractivity contribution in [1.29, 1.82) is 0 Å². The van der Waals surface area contributed by atoms with E-state index in [2.05, 4.69) is 45.3 Å². The van der Waals surface area contributed by atoms with Gasteiger partial charge in [-0.3, -0.25) is 4.79 Å².